The lowest BCUT2D eigenvalue weighted by atomic mass is 10.2. The fourth-order valence-electron chi connectivity index (χ4n) is 2.50. The lowest BCUT2D eigenvalue weighted by molar-refractivity contribution is 0.628. The minimum atomic E-state index is -0.191. The molecule has 0 spiro atoms. The Bertz CT molecular complexity index is 578. The Morgan fingerprint density at radius 3 is 2.67 bits per heavy atom. The molecule has 1 unspecified atom stereocenters. The molecule has 2 aromatic rings. The van der Waals surface area contributed by atoms with Gasteiger partial charge in [-0.3, -0.25) is 0 Å². The Morgan fingerprint density at radius 1 is 1.17 bits per heavy atom. The molecular formula is C20H27FN2S. The quantitative estimate of drug-likeness (QED) is 0.478. The van der Waals surface area contributed by atoms with Crippen LogP contribution in [-0.4, -0.2) is 20.6 Å². The summed E-state index contributed by atoms with van der Waals surface area (Å²) in [5.41, 5.74) is 1.04. The lowest BCUT2D eigenvalue weighted by Gasteiger charge is -2.13. The van der Waals surface area contributed by atoms with Crippen LogP contribution in [0.2, 0.25) is 0 Å². The summed E-state index contributed by atoms with van der Waals surface area (Å²) < 4.78 is 15.1. The minimum absolute atomic E-state index is 0.191. The van der Waals surface area contributed by atoms with Crippen LogP contribution in [-0.2, 0) is 6.54 Å². The van der Waals surface area contributed by atoms with E-state index in [1.807, 2.05) is 42.6 Å². The van der Waals surface area contributed by atoms with Gasteiger partial charge in [-0.15, -0.1) is 0 Å². The van der Waals surface area contributed by atoms with Crippen molar-refractivity contribution in [2.75, 3.05) is 5.75 Å². The predicted molar refractivity (Wildman–Crippen MR) is 103 cm³/mol. The van der Waals surface area contributed by atoms with E-state index in [0.717, 1.165) is 12.1 Å². The van der Waals surface area contributed by atoms with Crippen LogP contribution in [0.15, 0.2) is 49.1 Å². The largest absolute Gasteiger partial charge is 0.336 e. The Kier molecular flexibility index (Phi) is 8.67. The molecule has 4 heteroatoms. The Morgan fingerprint density at radius 2 is 1.96 bits per heavy atom. The molecule has 0 aliphatic carbocycles. The first-order valence-electron chi connectivity index (χ1n) is 8.79. The van der Waals surface area contributed by atoms with E-state index in [2.05, 4.69) is 28.6 Å². The second-order valence-corrected chi connectivity index (χ2v) is 7.34. The molecule has 0 fully saturated rings. The molecule has 2 nitrogen and oxygen atoms in total. The highest BCUT2D eigenvalue weighted by atomic mass is 32.2. The maximum absolute atomic E-state index is 13.0. The second-order valence-electron chi connectivity index (χ2n) is 5.99. The van der Waals surface area contributed by atoms with Crippen LogP contribution >= 0.6 is 11.8 Å². The number of halogens is 1. The van der Waals surface area contributed by atoms with E-state index in [-0.39, 0.29) is 5.82 Å². The zero-order valence-electron chi connectivity index (χ0n) is 14.4. The van der Waals surface area contributed by atoms with Crippen LogP contribution in [0.25, 0.3) is 6.08 Å². The molecule has 24 heavy (non-hydrogen) atoms. The molecule has 1 aromatic heterocycles. The van der Waals surface area contributed by atoms with Crippen LogP contribution in [0.3, 0.4) is 0 Å². The molecule has 0 saturated carbocycles. The van der Waals surface area contributed by atoms with Crippen molar-refractivity contribution in [2.45, 2.75) is 50.8 Å². The number of unbranched alkanes of at least 4 members (excludes halogenated alkanes) is 4. The molecule has 0 N–H and O–H groups in total. The maximum atomic E-state index is 13.0. The normalized spacial score (nSPS) is 12.8. The second kappa shape index (κ2) is 11.1. The summed E-state index contributed by atoms with van der Waals surface area (Å²) in [4.78, 5) is 4.12. The van der Waals surface area contributed by atoms with Crippen LogP contribution in [0.5, 0.6) is 0 Å². The number of nitrogens with zero attached hydrogens (tertiary/aromatic N) is 2. The molecule has 0 amide bonds. The van der Waals surface area contributed by atoms with Gasteiger partial charge in [0.25, 0.3) is 0 Å². The summed E-state index contributed by atoms with van der Waals surface area (Å²) in [7, 11) is 0. The monoisotopic (exact) mass is 346 g/mol. The molecule has 1 atom stereocenters. The van der Waals surface area contributed by atoms with E-state index in [9.17, 15) is 4.39 Å². The van der Waals surface area contributed by atoms with Crippen molar-refractivity contribution in [3.63, 3.8) is 0 Å². The Hall–Kier alpha value is -1.55. The topological polar surface area (TPSA) is 17.8 Å². The third kappa shape index (κ3) is 7.35. The number of hydrogen-bond acceptors (Lipinski definition) is 2. The average molecular weight is 347 g/mol. The SMILES string of the molecule is CCCCCCCSC(/C=C/c1ccc(F)cc1)Cn1ccnc1. The number of thioether (sulfide) groups is 1. The van der Waals surface area contributed by atoms with E-state index in [1.165, 1.54) is 50.0 Å². The first-order chi connectivity index (χ1) is 11.8. The van der Waals surface area contributed by atoms with Crippen molar-refractivity contribution in [3.8, 4) is 0 Å². The van der Waals surface area contributed by atoms with Gasteiger partial charge in [0.1, 0.15) is 5.82 Å². The Labute approximate surface area is 149 Å². The third-order valence-electron chi connectivity index (χ3n) is 3.90. The van der Waals surface area contributed by atoms with Crippen molar-refractivity contribution in [1.29, 1.82) is 0 Å². The molecule has 0 radical (unpaired) electrons. The molecular weight excluding hydrogens is 319 g/mol. The van der Waals surface area contributed by atoms with Gasteiger partial charge >= 0.3 is 0 Å². The van der Waals surface area contributed by atoms with E-state index in [0.29, 0.717) is 5.25 Å². The number of benzene rings is 1. The van der Waals surface area contributed by atoms with Crippen molar-refractivity contribution in [3.05, 3.63) is 60.4 Å². The van der Waals surface area contributed by atoms with Crippen LogP contribution in [0.4, 0.5) is 4.39 Å². The summed E-state index contributed by atoms with van der Waals surface area (Å²) in [6.45, 7) is 3.16. The van der Waals surface area contributed by atoms with Gasteiger partial charge in [-0.2, -0.15) is 11.8 Å². The third-order valence-corrected chi connectivity index (χ3v) is 5.16. The average Bonchev–Trinajstić information content (AvgIpc) is 3.10. The molecule has 0 saturated heterocycles. The van der Waals surface area contributed by atoms with Crippen LogP contribution in [0, 0.1) is 5.82 Å². The van der Waals surface area contributed by atoms with Gasteiger partial charge in [0.15, 0.2) is 0 Å². The van der Waals surface area contributed by atoms with Crippen molar-refractivity contribution in [2.24, 2.45) is 0 Å². The summed E-state index contributed by atoms with van der Waals surface area (Å²) >= 11 is 1.99. The van der Waals surface area contributed by atoms with Gasteiger partial charge in [-0.05, 0) is 29.9 Å². The number of rotatable bonds is 11. The maximum Gasteiger partial charge on any atom is 0.123 e. The van der Waals surface area contributed by atoms with Gasteiger partial charge in [0.2, 0.25) is 0 Å². The smallest absolute Gasteiger partial charge is 0.123 e. The van der Waals surface area contributed by atoms with Crippen LogP contribution < -0.4 is 0 Å². The Balaban J connectivity index is 1.86. The van der Waals surface area contributed by atoms with E-state index in [4.69, 9.17) is 0 Å². The summed E-state index contributed by atoms with van der Waals surface area (Å²) in [5, 5.41) is 0.399. The highest BCUT2D eigenvalue weighted by molar-refractivity contribution is 8.00. The van der Waals surface area contributed by atoms with E-state index >= 15 is 0 Å². The summed E-state index contributed by atoms with van der Waals surface area (Å²) in [6.07, 6.45) is 16.6. The first kappa shape index (κ1) is 18.8. The zero-order valence-corrected chi connectivity index (χ0v) is 15.2. The van der Waals surface area contributed by atoms with Gasteiger partial charge in [-0.25, -0.2) is 9.37 Å². The molecule has 1 heterocycles. The summed E-state index contributed by atoms with van der Waals surface area (Å²) in [6, 6.07) is 6.64. The lowest BCUT2D eigenvalue weighted by Crippen LogP contribution is -2.10. The van der Waals surface area contributed by atoms with Crippen molar-refractivity contribution >= 4 is 17.8 Å². The molecule has 130 valence electrons. The van der Waals surface area contributed by atoms with Gasteiger partial charge < -0.3 is 4.57 Å². The number of aromatic nitrogens is 2. The van der Waals surface area contributed by atoms with Crippen LogP contribution in [0.1, 0.15) is 44.6 Å². The highest BCUT2D eigenvalue weighted by Crippen LogP contribution is 2.19. The molecule has 0 bridgehead atoms. The first-order valence-corrected chi connectivity index (χ1v) is 9.84. The van der Waals surface area contributed by atoms with Gasteiger partial charge in [-0.1, -0.05) is 56.9 Å². The highest BCUT2D eigenvalue weighted by Gasteiger charge is 2.06. The van der Waals surface area contributed by atoms with E-state index < -0.39 is 0 Å². The van der Waals surface area contributed by atoms with Crippen molar-refractivity contribution in [1.82, 2.24) is 9.55 Å². The molecule has 0 aliphatic heterocycles. The molecule has 0 aliphatic rings. The zero-order chi connectivity index (χ0) is 17.0. The number of imidazole rings is 1. The minimum Gasteiger partial charge on any atom is -0.336 e. The fraction of sp³-hybridized carbons (Fsp3) is 0.450. The van der Waals surface area contributed by atoms with Gasteiger partial charge in [0.05, 0.1) is 6.33 Å². The predicted octanol–water partition coefficient (Wildman–Crippen LogP) is 5.81. The summed E-state index contributed by atoms with van der Waals surface area (Å²) in [5.74, 6) is 0.986. The van der Waals surface area contributed by atoms with Gasteiger partial charge in [0, 0.05) is 24.2 Å². The van der Waals surface area contributed by atoms with E-state index in [1.54, 1.807) is 0 Å². The molecule has 2 rings (SSSR count). The van der Waals surface area contributed by atoms with Crippen molar-refractivity contribution < 1.29 is 4.39 Å². The fourth-order valence-corrected chi connectivity index (χ4v) is 3.65. The molecule has 1 aromatic carbocycles. The standard InChI is InChI=1S/C20H27FN2S/c1-2-3-4-5-6-15-24-20(16-23-14-13-22-17-23)12-9-18-7-10-19(21)11-8-18/h7-14,17,20H,2-6,15-16H2,1H3/b12-9+. The number of hydrogen-bond donors (Lipinski definition) is 0.